The van der Waals surface area contributed by atoms with E-state index in [-0.39, 0.29) is 17.7 Å². The number of nitrogens with zero attached hydrogens (tertiary/aromatic N) is 3. The van der Waals surface area contributed by atoms with E-state index in [9.17, 15) is 14.9 Å². The Morgan fingerprint density at radius 3 is 2.52 bits per heavy atom. The van der Waals surface area contributed by atoms with Crippen LogP contribution < -0.4 is 5.32 Å². The highest BCUT2D eigenvalue weighted by molar-refractivity contribution is 6.01. The average molecular weight is 314 g/mol. The third-order valence-corrected chi connectivity index (χ3v) is 2.94. The molecule has 0 fully saturated rings. The lowest BCUT2D eigenvalue weighted by atomic mass is 10.1. The van der Waals surface area contributed by atoms with E-state index in [1.165, 1.54) is 6.07 Å². The van der Waals surface area contributed by atoms with Gasteiger partial charge in [0, 0.05) is 5.56 Å². The maximum atomic E-state index is 11.9. The van der Waals surface area contributed by atoms with E-state index >= 15 is 0 Å². The van der Waals surface area contributed by atoms with Crippen LogP contribution in [-0.4, -0.2) is 21.0 Å². The van der Waals surface area contributed by atoms with E-state index in [1.54, 1.807) is 0 Å². The molecule has 0 aliphatic carbocycles. The van der Waals surface area contributed by atoms with Crippen molar-refractivity contribution in [2.24, 2.45) is 0 Å². The summed E-state index contributed by atoms with van der Waals surface area (Å²) in [5.74, 6) is -1.24. The van der Waals surface area contributed by atoms with Gasteiger partial charge in [-0.3, -0.25) is 20.2 Å². The summed E-state index contributed by atoms with van der Waals surface area (Å²) in [4.78, 5) is 21.7. The highest BCUT2D eigenvalue weighted by Gasteiger charge is 2.19. The minimum Gasteiger partial charge on any atom is -0.403 e. The van der Waals surface area contributed by atoms with Crippen molar-refractivity contribution in [3.63, 3.8) is 0 Å². The molecule has 0 atom stereocenters. The Labute approximate surface area is 129 Å². The SMILES string of the molecule is Cc1ccc(-c2nnc(NC(=O)c3ccc([N+](=O)[O-])o3)o2)cc1. The van der Waals surface area contributed by atoms with Crippen LogP contribution in [-0.2, 0) is 0 Å². The Kier molecular flexibility index (Phi) is 3.59. The fourth-order valence-corrected chi connectivity index (χ4v) is 1.79. The number of anilines is 1. The number of hydrogen-bond donors (Lipinski definition) is 1. The standard InChI is InChI=1S/C14H10N4O5/c1-8-2-4-9(5-3-8)13-16-17-14(23-13)15-12(19)10-6-7-11(22-10)18(20)21/h2-7H,1H3,(H,15,17,19). The quantitative estimate of drug-likeness (QED) is 0.579. The zero-order valence-corrected chi connectivity index (χ0v) is 11.8. The molecule has 1 amide bonds. The first-order valence-corrected chi connectivity index (χ1v) is 6.49. The zero-order valence-electron chi connectivity index (χ0n) is 11.8. The fourth-order valence-electron chi connectivity index (χ4n) is 1.79. The molecule has 3 aromatic rings. The second-order valence-electron chi connectivity index (χ2n) is 4.63. The van der Waals surface area contributed by atoms with Crippen LogP contribution in [0, 0.1) is 17.0 Å². The minimum atomic E-state index is -0.737. The third kappa shape index (κ3) is 3.07. The van der Waals surface area contributed by atoms with Crippen LogP contribution in [0.5, 0.6) is 0 Å². The Morgan fingerprint density at radius 1 is 1.13 bits per heavy atom. The maximum Gasteiger partial charge on any atom is 0.433 e. The van der Waals surface area contributed by atoms with Gasteiger partial charge in [-0.05, 0) is 25.1 Å². The average Bonchev–Trinajstić information content (AvgIpc) is 3.17. The predicted molar refractivity (Wildman–Crippen MR) is 77.8 cm³/mol. The summed E-state index contributed by atoms with van der Waals surface area (Å²) in [5, 5.41) is 20.4. The molecule has 0 saturated heterocycles. The van der Waals surface area contributed by atoms with Gasteiger partial charge in [0.25, 0.3) is 5.91 Å². The molecule has 0 bridgehead atoms. The third-order valence-electron chi connectivity index (χ3n) is 2.94. The molecule has 0 aliphatic rings. The molecular formula is C14H10N4O5. The van der Waals surface area contributed by atoms with E-state index in [0.29, 0.717) is 5.56 Å². The molecule has 116 valence electrons. The highest BCUT2D eigenvalue weighted by Crippen LogP contribution is 2.21. The van der Waals surface area contributed by atoms with E-state index in [4.69, 9.17) is 8.83 Å². The number of nitrogens with one attached hydrogen (secondary N) is 1. The molecule has 0 saturated carbocycles. The summed E-state index contributed by atoms with van der Waals surface area (Å²) < 4.78 is 10.1. The van der Waals surface area contributed by atoms with E-state index in [2.05, 4.69) is 15.5 Å². The minimum absolute atomic E-state index is 0.135. The van der Waals surface area contributed by atoms with Crippen molar-refractivity contribution < 1.29 is 18.6 Å². The van der Waals surface area contributed by atoms with Crippen LogP contribution in [0.4, 0.5) is 11.9 Å². The number of benzene rings is 1. The zero-order chi connectivity index (χ0) is 16.4. The Morgan fingerprint density at radius 2 is 1.87 bits per heavy atom. The van der Waals surface area contributed by atoms with Crippen LogP contribution in [0.15, 0.2) is 45.2 Å². The second-order valence-corrected chi connectivity index (χ2v) is 4.63. The molecule has 0 unspecified atom stereocenters. The van der Waals surface area contributed by atoms with Gasteiger partial charge < -0.3 is 8.83 Å². The van der Waals surface area contributed by atoms with Crippen molar-refractivity contribution in [3.8, 4) is 11.5 Å². The van der Waals surface area contributed by atoms with Crippen molar-refractivity contribution >= 4 is 17.8 Å². The van der Waals surface area contributed by atoms with Gasteiger partial charge in [-0.15, -0.1) is 5.10 Å². The molecule has 3 rings (SSSR count). The first kappa shape index (κ1) is 14.4. The van der Waals surface area contributed by atoms with Gasteiger partial charge in [0.05, 0.1) is 6.07 Å². The van der Waals surface area contributed by atoms with E-state index in [0.717, 1.165) is 11.6 Å². The van der Waals surface area contributed by atoms with Gasteiger partial charge in [0.2, 0.25) is 5.89 Å². The largest absolute Gasteiger partial charge is 0.433 e. The number of aromatic nitrogens is 2. The second kappa shape index (κ2) is 5.72. The number of hydrogen-bond acceptors (Lipinski definition) is 7. The van der Waals surface area contributed by atoms with Gasteiger partial charge in [-0.25, -0.2) is 0 Å². The maximum absolute atomic E-state index is 11.9. The molecule has 2 aromatic heterocycles. The molecule has 2 heterocycles. The van der Waals surface area contributed by atoms with E-state index < -0.39 is 16.7 Å². The number of carbonyl (C=O) groups is 1. The van der Waals surface area contributed by atoms with Crippen molar-refractivity contribution in [2.45, 2.75) is 6.92 Å². The molecule has 0 spiro atoms. The topological polar surface area (TPSA) is 124 Å². The molecule has 0 radical (unpaired) electrons. The van der Waals surface area contributed by atoms with Crippen LogP contribution in [0.2, 0.25) is 0 Å². The summed E-state index contributed by atoms with van der Waals surface area (Å²) in [6, 6.07) is 9.53. The van der Waals surface area contributed by atoms with Gasteiger partial charge in [0.15, 0.2) is 5.76 Å². The van der Waals surface area contributed by atoms with E-state index in [1.807, 2.05) is 31.2 Å². The first-order chi connectivity index (χ1) is 11.0. The van der Waals surface area contributed by atoms with Crippen LogP contribution in [0.25, 0.3) is 11.5 Å². The van der Waals surface area contributed by atoms with Crippen molar-refractivity contribution in [1.29, 1.82) is 0 Å². The van der Waals surface area contributed by atoms with Crippen molar-refractivity contribution in [1.82, 2.24) is 10.2 Å². The molecule has 0 aliphatic heterocycles. The predicted octanol–water partition coefficient (Wildman–Crippen LogP) is 2.80. The number of carbonyl (C=O) groups excluding carboxylic acids is 1. The molecule has 1 aromatic carbocycles. The van der Waals surface area contributed by atoms with Gasteiger partial charge in [0.1, 0.15) is 4.92 Å². The lowest BCUT2D eigenvalue weighted by Crippen LogP contribution is -2.11. The summed E-state index contributed by atoms with van der Waals surface area (Å²) in [6.07, 6.45) is 0. The van der Waals surface area contributed by atoms with Crippen LogP contribution >= 0.6 is 0 Å². The monoisotopic (exact) mass is 314 g/mol. The molecular weight excluding hydrogens is 304 g/mol. The highest BCUT2D eigenvalue weighted by atomic mass is 16.6. The number of rotatable bonds is 4. The Balaban J connectivity index is 1.74. The molecule has 9 nitrogen and oxygen atoms in total. The summed E-state index contributed by atoms with van der Waals surface area (Å²) >= 11 is 0. The first-order valence-electron chi connectivity index (χ1n) is 6.49. The summed E-state index contributed by atoms with van der Waals surface area (Å²) in [5.41, 5.74) is 1.79. The van der Waals surface area contributed by atoms with Gasteiger partial charge in [-0.1, -0.05) is 22.8 Å². The normalized spacial score (nSPS) is 10.5. The Hall–Kier alpha value is -3.49. The van der Waals surface area contributed by atoms with Gasteiger partial charge in [-0.2, -0.15) is 0 Å². The summed E-state index contributed by atoms with van der Waals surface area (Å²) in [6.45, 7) is 1.95. The molecule has 23 heavy (non-hydrogen) atoms. The van der Waals surface area contributed by atoms with Crippen molar-refractivity contribution in [2.75, 3.05) is 5.32 Å². The number of furan rings is 1. The lowest BCUT2D eigenvalue weighted by molar-refractivity contribution is -0.402. The molecule has 9 heteroatoms. The van der Waals surface area contributed by atoms with Crippen LogP contribution in [0.3, 0.4) is 0 Å². The smallest absolute Gasteiger partial charge is 0.403 e. The fraction of sp³-hybridized carbons (Fsp3) is 0.0714. The molecule has 1 N–H and O–H groups in total. The Bertz CT molecular complexity index is 865. The number of amides is 1. The van der Waals surface area contributed by atoms with Crippen molar-refractivity contribution in [3.05, 3.63) is 57.8 Å². The lowest BCUT2D eigenvalue weighted by Gasteiger charge is -1.96. The summed E-state index contributed by atoms with van der Waals surface area (Å²) in [7, 11) is 0. The van der Waals surface area contributed by atoms with Gasteiger partial charge >= 0.3 is 11.9 Å². The number of aryl methyl sites for hydroxylation is 1. The van der Waals surface area contributed by atoms with Crippen LogP contribution in [0.1, 0.15) is 16.1 Å². The number of nitro groups is 1.